The zero-order valence-corrected chi connectivity index (χ0v) is 12.5. The van der Waals surface area contributed by atoms with Gasteiger partial charge in [0.15, 0.2) is 0 Å². The van der Waals surface area contributed by atoms with Crippen LogP contribution in [0.2, 0.25) is 5.02 Å². The van der Waals surface area contributed by atoms with Crippen molar-refractivity contribution >= 4 is 27.3 Å². The van der Waals surface area contributed by atoms with E-state index in [4.69, 9.17) is 16.7 Å². The van der Waals surface area contributed by atoms with Gasteiger partial charge in [0.25, 0.3) is 5.69 Å². The van der Waals surface area contributed by atoms with Crippen molar-refractivity contribution in [2.45, 2.75) is 24.8 Å². The lowest BCUT2D eigenvalue weighted by Gasteiger charge is -2.20. The third kappa shape index (κ3) is 3.89. The van der Waals surface area contributed by atoms with Gasteiger partial charge in [0.2, 0.25) is 10.0 Å². The maximum Gasteiger partial charge on any atom is 0.270 e. The maximum atomic E-state index is 12.2. The number of nitrogens with zero attached hydrogens (tertiary/aromatic N) is 1. The molecule has 0 heterocycles. The van der Waals surface area contributed by atoms with E-state index in [1.165, 1.54) is 0 Å². The van der Waals surface area contributed by atoms with Crippen molar-refractivity contribution in [1.29, 1.82) is 0 Å². The first-order chi connectivity index (χ1) is 9.19. The molecule has 0 radical (unpaired) electrons. The topological polar surface area (TPSA) is 110 Å². The van der Waals surface area contributed by atoms with Gasteiger partial charge in [-0.3, -0.25) is 10.1 Å². The van der Waals surface area contributed by atoms with Crippen LogP contribution in [0.4, 0.5) is 5.69 Å². The van der Waals surface area contributed by atoms with Crippen molar-refractivity contribution in [3.63, 3.8) is 0 Å². The number of rotatable bonds is 6. The molecular formula is C11H15ClN2O5S. The number of aliphatic hydroxyl groups is 1. The molecule has 0 spiro atoms. The number of nitro groups is 1. The van der Waals surface area contributed by atoms with E-state index in [0.717, 1.165) is 18.2 Å². The first kappa shape index (κ1) is 16.8. The van der Waals surface area contributed by atoms with Crippen molar-refractivity contribution in [3.8, 4) is 0 Å². The summed E-state index contributed by atoms with van der Waals surface area (Å²) in [4.78, 5) is 9.60. The summed E-state index contributed by atoms with van der Waals surface area (Å²) in [6.45, 7) is 3.08. The third-order valence-electron chi connectivity index (χ3n) is 2.72. The second-order valence-corrected chi connectivity index (χ2v) is 6.62. The van der Waals surface area contributed by atoms with Crippen LogP contribution in [0.15, 0.2) is 23.1 Å². The Balaban J connectivity index is 3.21. The molecule has 9 heteroatoms. The number of hydrogen-bond acceptors (Lipinski definition) is 5. The summed E-state index contributed by atoms with van der Waals surface area (Å²) in [5, 5.41) is 19.7. The van der Waals surface area contributed by atoms with E-state index in [1.54, 1.807) is 13.8 Å². The van der Waals surface area contributed by atoms with E-state index >= 15 is 0 Å². The Hall–Kier alpha value is -1.22. The van der Waals surface area contributed by atoms with E-state index in [-0.39, 0.29) is 28.1 Å². The van der Waals surface area contributed by atoms with Crippen molar-refractivity contribution < 1.29 is 18.4 Å². The number of halogens is 1. The van der Waals surface area contributed by atoms with Gasteiger partial charge in [0.05, 0.1) is 16.6 Å². The Bertz CT molecular complexity index is 603. The second-order valence-electron chi connectivity index (χ2n) is 4.53. The van der Waals surface area contributed by atoms with Gasteiger partial charge in [0.1, 0.15) is 4.90 Å². The first-order valence-electron chi connectivity index (χ1n) is 5.76. The predicted octanol–water partition coefficient (Wildman–Crippen LogP) is 1.54. The van der Waals surface area contributed by atoms with Crippen molar-refractivity contribution in [1.82, 2.24) is 4.72 Å². The molecule has 7 nitrogen and oxygen atoms in total. The average molecular weight is 323 g/mol. The van der Waals surface area contributed by atoms with Crippen LogP contribution in [-0.4, -0.2) is 31.1 Å². The summed E-state index contributed by atoms with van der Waals surface area (Å²) in [5.41, 5.74) is -0.375. The molecule has 1 rings (SSSR count). The molecular weight excluding hydrogens is 308 g/mol. The lowest BCUT2D eigenvalue weighted by molar-refractivity contribution is -0.385. The monoisotopic (exact) mass is 322 g/mol. The van der Waals surface area contributed by atoms with Crippen LogP contribution >= 0.6 is 11.6 Å². The van der Waals surface area contributed by atoms with E-state index in [1.807, 2.05) is 0 Å². The van der Waals surface area contributed by atoms with Gasteiger partial charge in [-0.15, -0.1) is 0 Å². The molecule has 0 aliphatic carbocycles. The van der Waals surface area contributed by atoms with Gasteiger partial charge >= 0.3 is 0 Å². The van der Waals surface area contributed by atoms with E-state index in [9.17, 15) is 18.5 Å². The molecule has 0 amide bonds. The molecule has 0 saturated heterocycles. The molecule has 1 atom stereocenters. The summed E-state index contributed by atoms with van der Waals surface area (Å²) in [5.74, 6) is -0.146. The predicted molar refractivity (Wildman–Crippen MR) is 74.1 cm³/mol. The van der Waals surface area contributed by atoms with Crippen LogP contribution in [0.1, 0.15) is 13.8 Å². The molecule has 1 aromatic carbocycles. The summed E-state index contributed by atoms with van der Waals surface area (Å²) < 4.78 is 26.6. The quantitative estimate of drug-likeness (QED) is 0.610. The largest absolute Gasteiger partial charge is 0.395 e. The Morgan fingerprint density at radius 3 is 2.50 bits per heavy atom. The van der Waals surface area contributed by atoms with Crippen LogP contribution in [-0.2, 0) is 10.0 Å². The molecule has 20 heavy (non-hydrogen) atoms. The molecule has 0 bridgehead atoms. The Morgan fingerprint density at radius 1 is 1.45 bits per heavy atom. The van der Waals surface area contributed by atoms with E-state index in [2.05, 4.69) is 4.72 Å². The average Bonchev–Trinajstić information content (AvgIpc) is 2.35. The SMILES string of the molecule is CC(C)C(CO)NS(=O)(=O)c1cc([N+](=O)[O-])ccc1Cl. The number of non-ortho nitro benzene ring substituents is 1. The molecule has 0 fully saturated rings. The van der Waals surface area contributed by atoms with Crippen LogP contribution < -0.4 is 4.72 Å². The smallest absolute Gasteiger partial charge is 0.270 e. The van der Waals surface area contributed by atoms with Crippen LogP contribution in [0.3, 0.4) is 0 Å². The van der Waals surface area contributed by atoms with Gasteiger partial charge in [-0.25, -0.2) is 13.1 Å². The molecule has 0 aliphatic heterocycles. The first-order valence-corrected chi connectivity index (χ1v) is 7.62. The third-order valence-corrected chi connectivity index (χ3v) is 4.69. The van der Waals surface area contributed by atoms with Crippen LogP contribution in [0.5, 0.6) is 0 Å². The highest BCUT2D eigenvalue weighted by Gasteiger charge is 2.25. The molecule has 0 aliphatic rings. The minimum absolute atomic E-state index is 0.122. The standard InChI is InChI=1S/C11H15ClN2O5S/c1-7(2)10(6-15)13-20(18,19)11-5-8(14(16)17)3-4-9(11)12/h3-5,7,10,13,15H,6H2,1-2H3. The minimum Gasteiger partial charge on any atom is -0.395 e. The number of nitrogens with one attached hydrogen (secondary N) is 1. The zero-order chi connectivity index (χ0) is 15.5. The highest BCUT2D eigenvalue weighted by molar-refractivity contribution is 7.89. The van der Waals surface area contributed by atoms with Gasteiger partial charge < -0.3 is 5.11 Å². The molecule has 2 N–H and O–H groups in total. The van der Waals surface area contributed by atoms with Gasteiger partial charge in [-0.1, -0.05) is 25.4 Å². The normalized spacial score (nSPS) is 13.4. The second kappa shape index (κ2) is 6.49. The molecule has 1 aromatic rings. The van der Waals surface area contributed by atoms with E-state index in [0.29, 0.717) is 0 Å². The Labute approximate surface area is 121 Å². The number of benzene rings is 1. The minimum atomic E-state index is -4.05. The fraction of sp³-hybridized carbons (Fsp3) is 0.455. The maximum absolute atomic E-state index is 12.2. The molecule has 112 valence electrons. The Morgan fingerprint density at radius 2 is 2.05 bits per heavy atom. The van der Waals surface area contributed by atoms with Gasteiger partial charge in [-0.2, -0.15) is 0 Å². The van der Waals surface area contributed by atoms with E-state index < -0.39 is 21.0 Å². The zero-order valence-electron chi connectivity index (χ0n) is 10.9. The number of sulfonamides is 1. The fourth-order valence-corrected chi connectivity index (χ4v) is 3.35. The number of aliphatic hydroxyl groups excluding tert-OH is 1. The lowest BCUT2D eigenvalue weighted by Crippen LogP contribution is -2.41. The highest BCUT2D eigenvalue weighted by atomic mass is 35.5. The van der Waals surface area contributed by atoms with Gasteiger partial charge in [0, 0.05) is 18.2 Å². The van der Waals surface area contributed by atoms with Gasteiger partial charge in [-0.05, 0) is 12.0 Å². The van der Waals surface area contributed by atoms with Crippen molar-refractivity contribution in [3.05, 3.63) is 33.3 Å². The lowest BCUT2D eigenvalue weighted by atomic mass is 10.1. The summed E-state index contributed by atoms with van der Waals surface area (Å²) in [6, 6.07) is 2.46. The van der Waals surface area contributed by atoms with Crippen molar-refractivity contribution in [2.24, 2.45) is 5.92 Å². The molecule has 1 unspecified atom stereocenters. The molecule has 0 aromatic heterocycles. The number of nitro benzene ring substituents is 1. The Kier molecular flexibility index (Phi) is 5.46. The highest BCUT2D eigenvalue weighted by Crippen LogP contribution is 2.26. The number of hydrogen-bond donors (Lipinski definition) is 2. The van der Waals surface area contributed by atoms with Crippen LogP contribution in [0, 0.1) is 16.0 Å². The van der Waals surface area contributed by atoms with Crippen LogP contribution in [0.25, 0.3) is 0 Å². The fourth-order valence-electron chi connectivity index (χ4n) is 1.46. The molecule has 0 saturated carbocycles. The summed E-state index contributed by atoms with van der Waals surface area (Å²) in [6.07, 6.45) is 0. The van der Waals surface area contributed by atoms with Crippen molar-refractivity contribution in [2.75, 3.05) is 6.61 Å². The summed E-state index contributed by atoms with van der Waals surface area (Å²) >= 11 is 5.79. The summed E-state index contributed by atoms with van der Waals surface area (Å²) in [7, 11) is -4.05.